The molecule has 0 unspecified atom stereocenters. The SMILES string of the molecule is CC(C)(C#N)CCCOc1ccc(Br)cc1S(N)(=O)=O. The zero-order valence-electron chi connectivity index (χ0n) is 11.4. The molecule has 0 aliphatic rings. The Balaban J connectivity index is 2.73. The van der Waals surface area contributed by atoms with Gasteiger partial charge in [0.1, 0.15) is 10.6 Å². The summed E-state index contributed by atoms with van der Waals surface area (Å²) in [5.74, 6) is 0.227. The maximum absolute atomic E-state index is 11.5. The van der Waals surface area contributed by atoms with E-state index in [1.54, 1.807) is 12.1 Å². The molecule has 0 aliphatic heterocycles. The quantitative estimate of drug-likeness (QED) is 0.789. The molecule has 0 amide bonds. The second-order valence-electron chi connectivity index (χ2n) is 5.08. The lowest BCUT2D eigenvalue weighted by Gasteiger charge is -2.15. The second kappa shape index (κ2) is 6.57. The highest BCUT2D eigenvalue weighted by atomic mass is 79.9. The van der Waals surface area contributed by atoms with Crippen LogP contribution in [0.25, 0.3) is 0 Å². The fourth-order valence-electron chi connectivity index (χ4n) is 1.58. The van der Waals surface area contributed by atoms with Crippen LogP contribution in [0.5, 0.6) is 5.75 Å². The minimum absolute atomic E-state index is 0.0496. The number of nitriles is 1. The van der Waals surface area contributed by atoms with Crippen LogP contribution in [0.15, 0.2) is 27.6 Å². The van der Waals surface area contributed by atoms with Crippen molar-refractivity contribution in [2.24, 2.45) is 10.6 Å². The molecular formula is C13H17BrN2O3S. The molecule has 0 spiro atoms. The predicted molar refractivity (Wildman–Crippen MR) is 79.6 cm³/mol. The summed E-state index contributed by atoms with van der Waals surface area (Å²) in [6, 6.07) is 6.85. The minimum atomic E-state index is -3.83. The molecule has 0 atom stereocenters. The monoisotopic (exact) mass is 360 g/mol. The molecule has 5 nitrogen and oxygen atoms in total. The van der Waals surface area contributed by atoms with E-state index in [0.717, 1.165) is 0 Å². The van der Waals surface area contributed by atoms with Crippen molar-refractivity contribution < 1.29 is 13.2 Å². The molecule has 0 heterocycles. The number of rotatable bonds is 6. The number of halogens is 1. The first kappa shape index (κ1) is 17.0. The number of hydrogen-bond donors (Lipinski definition) is 1. The average Bonchev–Trinajstić information content (AvgIpc) is 2.35. The molecule has 2 N–H and O–H groups in total. The Kier molecular flexibility index (Phi) is 5.57. The number of hydrogen-bond acceptors (Lipinski definition) is 4. The number of primary sulfonamides is 1. The van der Waals surface area contributed by atoms with Crippen molar-refractivity contribution in [1.82, 2.24) is 0 Å². The summed E-state index contributed by atoms with van der Waals surface area (Å²) in [5, 5.41) is 14.0. The second-order valence-corrected chi connectivity index (χ2v) is 7.53. The van der Waals surface area contributed by atoms with E-state index < -0.39 is 15.4 Å². The van der Waals surface area contributed by atoms with E-state index >= 15 is 0 Å². The third-order valence-corrected chi connectivity index (χ3v) is 4.14. The van der Waals surface area contributed by atoms with Crippen LogP contribution in [0.4, 0.5) is 0 Å². The Labute approximate surface area is 127 Å². The normalized spacial score (nSPS) is 11.9. The van der Waals surface area contributed by atoms with Crippen LogP contribution in [-0.4, -0.2) is 15.0 Å². The fourth-order valence-corrected chi connectivity index (χ4v) is 2.79. The molecule has 0 aliphatic carbocycles. The van der Waals surface area contributed by atoms with Gasteiger partial charge < -0.3 is 4.74 Å². The third kappa shape index (κ3) is 5.12. The lowest BCUT2D eigenvalue weighted by molar-refractivity contribution is 0.278. The number of sulfonamides is 1. The summed E-state index contributed by atoms with van der Waals surface area (Å²) in [6.45, 7) is 4.03. The largest absolute Gasteiger partial charge is 0.492 e. The van der Waals surface area contributed by atoms with Crippen LogP contribution in [0.2, 0.25) is 0 Å². The molecule has 0 fully saturated rings. The van der Waals surface area contributed by atoms with Gasteiger partial charge in [0.25, 0.3) is 0 Å². The number of nitrogens with zero attached hydrogens (tertiary/aromatic N) is 1. The van der Waals surface area contributed by atoms with Crippen molar-refractivity contribution >= 4 is 26.0 Å². The Morgan fingerprint density at radius 2 is 2.10 bits per heavy atom. The number of nitrogens with two attached hydrogens (primary N) is 1. The van der Waals surface area contributed by atoms with Gasteiger partial charge in [-0.05, 0) is 44.9 Å². The van der Waals surface area contributed by atoms with Gasteiger partial charge in [-0.15, -0.1) is 0 Å². The van der Waals surface area contributed by atoms with Crippen LogP contribution in [0.1, 0.15) is 26.7 Å². The van der Waals surface area contributed by atoms with Crippen molar-refractivity contribution in [3.63, 3.8) is 0 Å². The van der Waals surface area contributed by atoms with Crippen LogP contribution >= 0.6 is 15.9 Å². The lowest BCUT2D eigenvalue weighted by Crippen LogP contribution is -2.15. The molecule has 0 saturated carbocycles. The van der Waals surface area contributed by atoms with E-state index in [1.807, 2.05) is 13.8 Å². The number of ether oxygens (including phenoxy) is 1. The fraction of sp³-hybridized carbons (Fsp3) is 0.462. The highest BCUT2D eigenvalue weighted by molar-refractivity contribution is 9.10. The van der Waals surface area contributed by atoms with Crippen LogP contribution in [0, 0.1) is 16.7 Å². The van der Waals surface area contributed by atoms with E-state index in [9.17, 15) is 8.42 Å². The maximum Gasteiger partial charge on any atom is 0.241 e. The Hall–Kier alpha value is -1.10. The Bertz CT molecular complexity index is 621. The topological polar surface area (TPSA) is 93.2 Å². The Morgan fingerprint density at radius 1 is 1.45 bits per heavy atom. The van der Waals surface area contributed by atoms with Crippen molar-refractivity contribution in [2.45, 2.75) is 31.6 Å². The summed E-state index contributed by atoms with van der Waals surface area (Å²) in [7, 11) is -3.83. The van der Waals surface area contributed by atoms with Gasteiger partial charge in [0.05, 0.1) is 18.1 Å². The number of benzene rings is 1. The first-order chi connectivity index (χ1) is 9.15. The van der Waals surface area contributed by atoms with E-state index in [2.05, 4.69) is 22.0 Å². The molecule has 1 rings (SSSR count). The van der Waals surface area contributed by atoms with Gasteiger partial charge in [0.15, 0.2) is 0 Å². The zero-order chi connectivity index (χ0) is 15.4. The first-order valence-electron chi connectivity index (χ1n) is 6.02. The molecule has 110 valence electrons. The molecule has 0 radical (unpaired) electrons. The summed E-state index contributed by atoms with van der Waals surface area (Å²) >= 11 is 3.19. The first-order valence-corrected chi connectivity index (χ1v) is 8.36. The van der Waals surface area contributed by atoms with Gasteiger partial charge in [-0.3, -0.25) is 0 Å². The van der Waals surface area contributed by atoms with Crippen molar-refractivity contribution in [2.75, 3.05) is 6.61 Å². The predicted octanol–water partition coefficient (Wildman–Crippen LogP) is 2.81. The highest BCUT2D eigenvalue weighted by Crippen LogP contribution is 2.27. The van der Waals surface area contributed by atoms with Gasteiger partial charge in [0.2, 0.25) is 10.0 Å². The average molecular weight is 361 g/mol. The standard InChI is InChI=1S/C13H17BrN2O3S/c1-13(2,9-15)6-3-7-19-11-5-4-10(14)8-12(11)20(16,17)18/h4-5,8H,3,6-7H2,1-2H3,(H2,16,17,18). The molecule has 20 heavy (non-hydrogen) atoms. The molecule has 0 saturated heterocycles. The Morgan fingerprint density at radius 3 is 2.65 bits per heavy atom. The van der Waals surface area contributed by atoms with E-state index in [1.165, 1.54) is 6.07 Å². The van der Waals surface area contributed by atoms with Gasteiger partial charge in [-0.2, -0.15) is 5.26 Å². The molecular weight excluding hydrogens is 344 g/mol. The van der Waals surface area contributed by atoms with Gasteiger partial charge in [-0.1, -0.05) is 15.9 Å². The smallest absolute Gasteiger partial charge is 0.241 e. The molecule has 1 aromatic rings. The third-order valence-electron chi connectivity index (χ3n) is 2.72. The van der Waals surface area contributed by atoms with Gasteiger partial charge in [-0.25, -0.2) is 13.6 Å². The highest BCUT2D eigenvalue weighted by Gasteiger charge is 2.18. The summed E-state index contributed by atoms with van der Waals surface area (Å²) in [5.41, 5.74) is -0.411. The van der Waals surface area contributed by atoms with Gasteiger partial charge in [0, 0.05) is 4.47 Å². The van der Waals surface area contributed by atoms with Crippen LogP contribution in [0.3, 0.4) is 0 Å². The van der Waals surface area contributed by atoms with E-state index in [4.69, 9.17) is 15.1 Å². The van der Waals surface area contributed by atoms with Crippen LogP contribution in [-0.2, 0) is 10.0 Å². The molecule has 0 aromatic heterocycles. The minimum Gasteiger partial charge on any atom is -0.492 e. The maximum atomic E-state index is 11.5. The van der Waals surface area contributed by atoms with E-state index in [0.29, 0.717) is 23.9 Å². The van der Waals surface area contributed by atoms with Crippen molar-refractivity contribution in [3.8, 4) is 11.8 Å². The summed E-state index contributed by atoms with van der Waals surface area (Å²) in [6.07, 6.45) is 1.32. The summed E-state index contributed by atoms with van der Waals surface area (Å²) < 4.78 is 29.0. The molecule has 7 heteroatoms. The van der Waals surface area contributed by atoms with Crippen LogP contribution < -0.4 is 9.88 Å². The van der Waals surface area contributed by atoms with Gasteiger partial charge >= 0.3 is 0 Å². The zero-order valence-corrected chi connectivity index (χ0v) is 13.8. The molecule has 1 aromatic carbocycles. The lowest BCUT2D eigenvalue weighted by atomic mass is 9.90. The summed E-state index contributed by atoms with van der Waals surface area (Å²) in [4.78, 5) is -0.0496. The van der Waals surface area contributed by atoms with E-state index in [-0.39, 0.29) is 10.6 Å². The molecule has 0 bridgehead atoms. The van der Waals surface area contributed by atoms with Crippen molar-refractivity contribution in [3.05, 3.63) is 22.7 Å². The van der Waals surface area contributed by atoms with Crippen molar-refractivity contribution in [1.29, 1.82) is 5.26 Å².